The van der Waals surface area contributed by atoms with E-state index in [1.54, 1.807) is 0 Å². The fourth-order valence-corrected chi connectivity index (χ4v) is 5.01. The predicted octanol–water partition coefficient (Wildman–Crippen LogP) is 7.53. The summed E-state index contributed by atoms with van der Waals surface area (Å²) in [6, 6.07) is 10.1. The van der Waals surface area contributed by atoms with Crippen molar-refractivity contribution in [1.29, 1.82) is 0 Å². The number of ether oxygens (including phenoxy) is 3. The van der Waals surface area contributed by atoms with Gasteiger partial charge in [0.25, 0.3) is 0 Å². The van der Waals surface area contributed by atoms with Gasteiger partial charge in [0.2, 0.25) is 0 Å². The van der Waals surface area contributed by atoms with Crippen LogP contribution in [0.5, 0.6) is 0 Å². The van der Waals surface area contributed by atoms with Crippen LogP contribution in [0, 0.1) is 0 Å². The van der Waals surface area contributed by atoms with Crippen LogP contribution in [-0.2, 0) is 34.8 Å². The summed E-state index contributed by atoms with van der Waals surface area (Å²) in [6.07, 6.45) is 8.96. The molecule has 0 radical (unpaired) electrons. The molecule has 0 heterocycles. The van der Waals surface area contributed by atoms with E-state index in [4.69, 9.17) is 18.6 Å². The Morgan fingerprint density at radius 1 is 0.732 bits per heavy atom. The molecule has 1 aromatic carbocycles. The van der Waals surface area contributed by atoms with Crippen LogP contribution in [0.4, 0.5) is 0 Å². The van der Waals surface area contributed by atoms with Gasteiger partial charge in [0.15, 0.2) is 8.32 Å². The normalized spacial score (nSPS) is 12.1. The highest BCUT2D eigenvalue weighted by Gasteiger charge is 2.37. The Kier molecular flexibility index (Phi) is 19.9. The van der Waals surface area contributed by atoms with Crippen LogP contribution in [0.3, 0.4) is 0 Å². The van der Waals surface area contributed by atoms with E-state index in [1.165, 1.54) is 25.7 Å². The monoisotopic (exact) mass is 593 g/mol. The van der Waals surface area contributed by atoms with E-state index < -0.39 is 8.32 Å². The molecule has 1 rings (SSSR count). The van der Waals surface area contributed by atoms with E-state index in [2.05, 4.69) is 57.8 Å². The zero-order valence-corrected chi connectivity index (χ0v) is 28.0. The first kappa shape index (κ1) is 37.3. The van der Waals surface area contributed by atoms with Crippen molar-refractivity contribution >= 4 is 20.3 Å². The standard InChI is InChI=1S/C33H59NO6Si/c1-7-8-9-10-11-17-25-38-31(35)20-15-16-21-32(36)39-27-23-34(24-28-40-41(5,6)33(2,3)4)22-26-37-29-30-18-13-12-14-19-30/h12-14,18-19H,7-11,15-17,20-29H2,1-6H3. The highest BCUT2D eigenvalue weighted by atomic mass is 28.4. The van der Waals surface area contributed by atoms with E-state index in [0.717, 1.165) is 31.5 Å². The Morgan fingerprint density at radius 3 is 1.93 bits per heavy atom. The Bertz CT molecular complexity index is 812. The molecule has 0 atom stereocenters. The number of rotatable bonds is 24. The Balaban J connectivity index is 2.28. The quantitative estimate of drug-likeness (QED) is 0.0696. The van der Waals surface area contributed by atoms with Gasteiger partial charge < -0.3 is 18.6 Å². The molecule has 0 N–H and O–H groups in total. The van der Waals surface area contributed by atoms with Gasteiger partial charge in [-0.3, -0.25) is 14.5 Å². The summed E-state index contributed by atoms with van der Waals surface area (Å²) < 4.78 is 23.1. The molecule has 41 heavy (non-hydrogen) atoms. The Morgan fingerprint density at radius 2 is 1.29 bits per heavy atom. The lowest BCUT2D eigenvalue weighted by Gasteiger charge is -2.36. The van der Waals surface area contributed by atoms with Crippen molar-refractivity contribution in [2.75, 3.05) is 46.1 Å². The lowest BCUT2D eigenvalue weighted by molar-refractivity contribution is -0.146. The van der Waals surface area contributed by atoms with Crippen LogP contribution >= 0.6 is 0 Å². The van der Waals surface area contributed by atoms with Gasteiger partial charge in [0.05, 0.1) is 19.8 Å². The summed E-state index contributed by atoms with van der Waals surface area (Å²) in [5.74, 6) is -0.389. The van der Waals surface area contributed by atoms with Crippen molar-refractivity contribution in [3.05, 3.63) is 35.9 Å². The summed E-state index contributed by atoms with van der Waals surface area (Å²) in [7, 11) is -1.82. The molecule has 1 aromatic rings. The smallest absolute Gasteiger partial charge is 0.305 e. The molecule has 0 saturated carbocycles. The van der Waals surface area contributed by atoms with E-state index in [-0.39, 0.29) is 17.0 Å². The fourth-order valence-electron chi connectivity index (χ4n) is 3.98. The summed E-state index contributed by atoms with van der Waals surface area (Å²) in [5, 5.41) is 0.163. The summed E-state index contributed by atoms with van der Waals surface area (Å²) in [5.41, 5.74) is 1.15. The molecule has 0 aromatic heterocycles. The molecule has 7 nitrogen and oxygen atoms in total. The third-order valence-electron chi connectivity index (χ3n) is 7.78. The van der Waals surface area contributed by atoms with Gasteiger partial charge in [-0.2, -0.15) is 0 Å². The number of hydrogen-bond donors (Lipinski definition) is 0. The second-order valence-corrected chi connectivity index (χ2v) is 17.2. The van der Waals surface area contributed by atoms with Crippen LogP contribution in [0.2, 0.25) is 18.1 Å². The third-order valence-corrected chi connectivity index (χ3v) is 12.3. The maximum Gasteiger partial charge on any atom is 0.305 e. The van der Waals surface area contributed by atoms with Crippen LogP contribution in [0.25, 0.3) is 0 Å². The maximum atomic E-state index is 12.3. The van der Waals surface area contributed by atoms with Crippen molar-refractivity contribution in [3.8, 4) is 0 Å². The highest BCUT2D eigenvalue weighted by molar-refractivity contribution is 6.74. The zero-order chi connectivity index (χ0) is 30.4. The van der Waals surface area contributed by atoms with E-state index in [9.17, 15) is 9.59 Å². The molecule has 0 unspecified atom stereocenters. The SMILES string of the molecule is CCCCCCCCOC(=O)CCCCC(=O)OCCN(CCOCc1ccccc1)CCO[Si](C)(C)C(C)(C)C. The van der Waals surface area contributed by atoms with Gasteiger partial charge in [-0.25, -0.2) is 0 Å². The minimum absolute atomic E-state index is 0.163. The number of carbonyl (C=O) groups is 2. The molecule has 0 saturated heterocycles. The molecule has 0 aliphatic heterocycles. The minimum Gasteiger partial charge on any atom is -0.466 e. The van der Waals surface area contributed by atoms with Gasteiger partial charge >= 0.3 is 11.9 Å². The van der Waals surface area contributed by atoms with Gasteiger partial charge in [0.1, 0.15) is 6.61 Å². The van der Waals surface area contributed by atoms with Gasteiger partial charge in [-0.05, 0) is 43.0 Å². The number of carbonyl (C=O) groups excluding carboxylic acids is 2. The molecule has 0 aliphatic carbocycles. The number of unbranched alkanes of at least 4 members (excludes halogenated alkanes) is 6. The first-order valence-corrected chi connectivity index (χ1v) is 18.7. The lowest BCUT2D eigenvalue weighted by atomic mass is 10.1. The Hall–Kier alpha value is -1.74. The van der Waals surface area contributed by atoms with E-state index in [1.807, 2.05) is 18.2 Å². The largest absolute Gasteiger partial charge is 0.466 e. The highest BCUT2D eigenvalue weighted by Crippen LogP contribution is 2.36. The summed E-state index contributed by atoms with van der Waals surface area (Å²) in [6.45, 7) is 18.3. The van der Waals surface area contributed by atoms with Crippen molar-refractivity contribution in [3.63, 3.8) is 0 Å². The molecular weight excluding hydrogens is 534 g/mol. The van der Waals surface area contributed by atoms with Crippen molar-refractivity contribution in [1.82, 2.24) is 4.90 Å². The van der Waals surface area contributed by atoms with Gasteiger partial charge in [-0.15, -0.1) is 0 Å². The van der Waals surface area contributed by atoms with Crippen LogP contribution < -0.4 is 0 Å². The Labute approximate surface area is 251 Å². The van der Waals surface area contributed by atoms with E-state index >= 15 is 0 Å². The average molecular weight is 594 g/mol. The molecular formula is C33H59NO6Si. The molecule has 0 fully saturated rings. The first-order chi connectivity index (χ1) is 19.5. The molecule has 0 aliphatic rings. The topological polar surface area (TPSA) is 74.3 Å². The second kappa shape index (κ2) is 21.9. The molecule has 0 amide bonds. The third kappa shape index (κ3) is 19.1. The van der Waals surface area contributed by atoms with Crippen LogP contribution in [0.1, 0.15) is 97.5 Å². The van der Waals surface area contributed by atoms with Crippen molar-refractivity contribution < 1.29 is 28.2 Å². The molecule has 8 heteroatoms. The number of esters is 2. The van der Waals surface area contributed by atoms with Crippen LogP contribution in [0.15, 0.2) is 30.3 Å². The molecule has 0 bridgehead atoms. The average Bonchev–Trinajstić information content (AvgIpc) is 2.92. The fraction of sp³-hybridized carbons (Fsp3) is 0.758. The van der Waals surface area contributed by atoms with Crippen LogP contribution in [-0.4, -0.2) is 71.2 Å². The molecule has 236 valence electrons. The van der Waals surface area contributed by atoms with Crippen molar-refractivity contribution in [2.45, 2.75) is 117 Å². The molecule has 0 spiro atoms. The number of nitrogens with zero attached hydrogens (tertiary/aromatic N) is 1. The second-order valence-electron chi connectivity index (χ2n) is 12.4. The summed E-state index contributed by atoms with van der Waals surface area (Å²) >= 11 is 0. The van der Waals surface area contributed by atoms with Gasteiger partial charge in [-0.1, -0.05) is 90.1 Å². The number of benzene rings is 1. The predicted molar refractivity (Wildman–Crippen MR) is 169 cm³/mol. The lowest BCUT2D eigenvalue weighted by Crippen LogP contribution is -2.43. The first-order valence-electron chi connectivity index (χ1n) is 15.8. The number of hydrogen-bond acceptors (Lipinski definition) is 7. The van der Waals surface area contributed by atoms with E-state index in [0.29, 0.717) is 65.3 Å². The maximum absolute atomic E-state index is 12.3. The zero-order valence-electron chi connectivity index (χ0n) is 27.0. The summed E-state index contributed by atoms with van der Waals surface area (Å²) in [4.78, 5) is 26.4. The van der Waals surface area contributed by atoms with Crippen molar-refractivity contribution in [2.24, 2.45) is 0 Å². The van der Waals surface area contributed by atoms with Gasteiger partial charge in [0, 0.05) is 39.1 Å². The minimum atomic E-state index is -1.82.